The Morgan fingerprint density at radius 2 is 1.95 bits per heavy atom. The van der Waals surface area contributed by atoms with Gasteiger partial charge in [-0.15, -0.1) is 0 Å². The first-order chi connectivity index (χ1) is 9.85. The number of aromatic nitrogens is 1. The summed E-state index contributed by atoms with van der Waals surface area (Å²) in [7, 11) is -3.18. The van der Waals surface area contributed by atoms with Gasteiger partial charge in [0.05, 0.1) is 10.7 Å². The van der Waals surface area contributed by atoms with Crippen LogP contribution in [0.5, 0.6) is 0 Å². The molecule has 0 radical (unpaired) electrons. The van der Waals surface area contributed by atoms with Crippen molar-refractivity contribution in [3.05, 3.63) is 22.2 Å². The second-order valence-electron chi connectivity index (χ2n) is 4.62. The fourth-order valence-electron chi connectivity index (χ4n) is 2.17. The van der Waals surface area contributed by atoms with E-state index in [1.165, 1.54) is 16.4 Å². The minimum atomic E-state index is -3.18. The summed E-state index contributed by atoms with van der Waals surface area (Å²) < 4.78 is 25.0. The topological polar surface area (TPSA) is 123 Å². The maximum atomic E-state index is 11.8. The number of nitrogens with two attached hydrogens (primary N) is 1. The van der Waals surface area contributed by atoms with E-state index in [-0.39, 0.29) is 17.3 Å². The highest BCUT2D eigenvalue weighted by molar-refractivity contribution is 7.89. The monoisotopic (exact) mass is 315 g/mol. The first-order valence-corrected chi connectivity index (χ1v) is 8.09. The van der Waals surface area contributed by atoms with Crippen molar-refractivity contribution >= 4 is 27.3 Å². The van der Waals surface area contributed by atoms with Gasteiger partial charge >= 0.3 is 5.69 Å². The molecule has 1 aliphatic heterocycles. The maximum Gasteiger partial charge on any atom is 0.311 e. The van der Waals surface area contributed by atoms with Crippen molar-refractivity contribution in [3.63, 3.8) is 0 Å². The lowest BCUT2D eigenvalue weighted by molar-refractivity contribution is -0.384. The predicted molar refractivity (Wildman–Crippen MR) is 78.6 cm³/mol. The molecule has 1 aliphatic rings. The number of hydrogen-bond donors (Lipinski definition) is 1. The van der Waals surface area contributed by atoms with Gasteiger partial charge in [0.25, 0.3) is 0 Å². The molecule has 2 heterocycles. The summed E-state index contributed by atoms with van der Waals surface area (Å²) in [4.78, 5) is 16.0. The highest BCUT2D eigenvalue weighted by Gasteiger charge is 2.26. The van der Waals surface area contributed by atoms with E-state index in [4.69, 9.17) is 5.73 Å². The molecule has 10 heteroatoms. The van der Waals surface area contributed by atoms with Crippen molar-refractivity contribution in [2.45, 2.75) is 6.92 Å². The molecule has 1 aromatic rings. The Morgan fingerprint density at radius 1 is 1.33 bits per heavy atom. The molecule has 0 aliphatic carbocycles. The lowest BCUT2D eigenvalue weighted by Gasteiger charge is -2.34. The third-order valence-corrected chi connectivity index (χ3v) is 5.29. The van der Waals surface area contributed by atoms with Crippen molar-refractivity contribution in [3.8, 4) is 0 Å². The lowest BCUT2D eigenvalue weighted by Crippen LogP contribution is -2.49. The van der Waals surface area contributed by atoms with E-state index in [9.17, 15) is 18.5 Å². The van der Waals surface area contributed by atoms with Crippen molar-refractivity contribution in [2.75, 3.05) is 42.6 Å². The summed E-state index contributed by atoms with van der Waals surface area (Å²) in [6.45, 7) is 3.30. The van der Waals surface area contributed by atoms with Crippen LogP contribution in [0, 0.1) is 10.1 Å². The minimum absolute atomic E-state index is 0.0791. The van der Waals surface area contributed by atoms with Gasteiger partial charge in [-0.05, 0) is 13.0 Å². The van der Waals surface area contributed by atoms with E-state index in [0.717, 1.165) is 0 Å². The zero-order valence-electron chi connectivity index (χ0n) is 11.6. The average molecular weight is 315 g/mol. The van der Waals surface area contributed by atoms with E-state index in [1.54, 1.807) is 6.92 Å². The molecule has 0 aromatic carbocycles. The van der Waals surface area contributed by atoms with Crippen molar-refractivity contribution in [2.24, 2.45) is 0 Å². The van der Waals surface area contributed by atoms with Crippen LogP contribution >= 0.6 is 0 Å². The minimum Gasteiger partial charge on any atom is -0.378 e. The number of sulfonamides is 1. The van der Waals surface area contributed by atoms with Crippen LogP contribution in [0.4, 0.5) is 17.3 Å². The Bertz CT molecular complexity index is 640. The molecule has 1 aromatic heterocycles. The zero-order valence-corrected chi connectivity index (χ0v) is 12.4. The number of nitrogen functional groups attached to an aromatic ring is 1. The molecule has 0 atom stereocenters. The summed E-state index contributed by atoms with van der Waals surface area (Å²) in [5.41, 5.74) is 5.33. The highest BCUT2D eigenvalue weighted by atomic mass is 32.2. The van der Waals surface area contributed by atoms with E-state index < -0.39 is 14.9 Å². The Morgan fingerprint density at radius 3 is 2.43 bits per heavy atom. The number of nitrogens with zero attached hydrogens (tertiary/aromatic N) is 4. The molecule has 1 fully saturated rings. The van der Waals surface area contributed by atoms with Crippen LogP contribution in [0.15, 0.2) is 12.1 Å². The molecule has 0 bridgehead atoms. The number of rotatable bonds is 4. The van der Waals surface area contributed by atoms with Crippen LogP contribution in [0.3, 0.4) is 0 Å². The van der Waals surface area contributed by atoms with Gasteiger partial charge in [0.2, 0.25) is 15.8 Å². The first-order valence-electron chi connectivity index (χ1n) is 6.49. The number of anilines is 2. The predicted octanol–water partition coefficient (Wildman–Crippen LogP) is 0.0437. The Hall–Kier alpha value is -1.94. The molecule has 2 N–H and O–H groups in total. The van der Waals surface area contributed by atoms with E-state index >= 15 is 0 Å². The van der Waals surface area contributed by atoms with Gasteiger partial charge in [-0.1, -0.05) is 0 Å². The summed E-state index contributed by atoms with van der Waals surface area (Å²) in [6.07, 6.45) is 0. The van der Waals surface area contributed by atoms with E-state index in [2.05, 4.69) is 4.98 Å². The fourth-order valence-corrected chi connectivity index (χ4v) is 3.25. The molecule has 116 valence electrons. The molecule has 0 spiro atoms. The lowest BCUT2D eigenvalue weighted by atomic mass is 10.3. The quantitative estimate of drug-likeness (QED) is 0.615. The van der Waals surface area contributed by atoms with E-state index in [1.807, 2.05) is 4.90 Å². The summed E-state index contributed by atoms with van der Waals surface area (Å²) in [5, 5.41) is 10.7. The van der Waals surface area contributed by atoms with Crippen LogP contribution in [0.25, 0.3) is 0 Å². The zero-order chi connectivity index (χ0) is 15.6. The maximum absolute atomic E-state index is 11.8. The van der Waals surface area contributed by atoms with Gasteiger partial charge in [0, 0.05) is 32.2 Å². The largest absolute Gasteiger partial charge is 0.378 e. The summed E-state index contributed by atoms with van der Waals surface area (Å²) in [6, 6.07) is 2.84. The summed E-state index contributed by atoms with van der Waals surface area (Å²) in [5.74, 6) is 0.461. The number of hydrogen-bond acceptors (Lipinski definition) is 7. The number of pyridine rings is 1. The second-order valence-corrected chi connectivity index (χ2v) is 6.88. The van der Waals surface area contributed by atoms with Gasteiger partial charge in [0.15, 0.2) is 0 Å². The fraction of sp³-hybridized carbons (Fsp3) is 0.545. The molecule has 0 amide bonds. The van der Waals surface area contributed by atoms with Crippen LogP contribution in [0.1, 0.15) is 6.92 Å². The van der Waals surface area contributed by atoms with Gasteiger partial charge in [0.1, 0.15) is 5.82 Å². The molecule has 21 heavy (non-hydrogen) atoms. The standard InChI is InChI=1S/C11H17N5O4S/c1-2-21(19,20)15-7-5-14(6-8-15)10-4-3-9(16(17)18)11(12)13-10/h3-4H,2,5-8H2,1H3,(H2,12,13). The van der Waals surface area contributed by atoms with Crippen molar-refractivity contribution in [1.82, 2.24) is 9.29 Å². The molecular weight excluding hydrogens is 298 g/mol. The number of nitro groups is 1. The van der Waals surface area contributed by atoms with Crippen LogP contribution in [0.2, 0.25) is 0 Å². The molecular formula is C11H17N5O4S. The van der Waals surface area contributed by atoms with Gasteiger partial charge in [-0.25, -0.2) is 13.4 Å². The van der Waals surface area contributed by atoms with Crippen molar-refractivity contribution < 1.29 is 13.3 Å². The van der Waals surface area contributed by atoms with Gasteiger partial charge in [-0.3, -0.25) is 10.1 Å². The summed E-state index contributed by atoms with van der Waals surface area (Å²) >= 11 is 0. The van der Waals surface area contributed by atoms with Crippen LogP contribution < -0.4 is 10.6 Å². The number of piperazine rings is 1. The van der Waals surface area contributed by atoms with Crippen LogP contribution in [-0.4, -0.2) is 54.6 Å². The first kappa shape index (κ1) is 15.4. The normalized spacial score (nSPS) is 16.9. The van der Waals surface area contributed by atoms with Crippen molar-refractivity contribution in [1.29, 1.82) is 0 Å². The Balaban J connectivity index is 2.09. The molecule has 1 saturated heterocycles. The van der Waals surface area contributed by atoms with Crippen LogP contribution in [-0.2, 0) is 10.0 Å². The average Bonchev–Trinajstić information content (AvgIpc) is 2.47. The molecule has 0 saturated carbocycles. The second kappa shape index (κ2) is 5.82. The Kier molecular flexibility index (Phi) is 4.28. The third-order valence-electron chi connectivity index (χ3n) is 3.41. The Labute approximate surface area is 122 Å². The van der Waals surface area contributed by atoms with Gasteiger partial charge in [-0.2, -0.15) is 4.31 Å². The highest BCUT2D eigenvalue weighted by Crippen LogP contribution is 2.24. The van der Waals surface area contributed by atoms with Gasteiger partial charge < -0.3 is 10.6 Å². The molecule has 0 unspecified atom stereocenters. The van der Waals surface area contributed by atoms with E-state index in [0.29, 0.717) is 32.0 Å². The molecule has 9 nitrogen and oxygen atoms in total. The SMILES string of the molecule is CCS(=O)(=O)N1CCN(c2ccc([N+](=O)[O-])c(N)n2)CC1. The smallest absolute Gasteiger partial charge is 0.311 e. The third kappa shape index (κ3) is 3.22. The molecule has 2 rings (SSSR count).